The third kappa shape index (κ3) is 5.83. The molecule has 3 rings (SSSR count). The summed E-state index contributed by atoms with van der Waals surface area (Å²) in [5, 5.41) is 0.446. The fourth-order valence-electron chi connectivity index (χ4n) is 3.64. The Balaban J connectivity index is 1.87. The van der Waals surface area contributed by atoms with E-state index in [4.69, 9.17) is 13.9 Å². The van der Waals surface area contributed by atoms with Gasteiger partial charge in [0.1, 0.15) is 16.9 Å². The minimum absolute atomic E-state index is 0.176. The van der Waals surface area contributed by atoms with Gasteiger partial charge in [-0.25, -0.2) is 9.59 Å². The van der Waals surface area contributed by atoms with Gasteiger partial charge in [0.2, 0.25) is 0 Å². The van der Waals surface area contributed by atoms with Gasteiger partial charge < -0.3 is 13.9 Å². The van der Waals surface area contributed by atoms with Crippen LogP contribution >= 0.6 is 0 Å². The molecule has 0 N–H and O–H groups in total. The number of rotatable bonds is 7. The van der Waals surface area contributed by atoms with E-state index in [1.165, 1.54) is 30.3 Å². The molecule has 0 radical (unpaired) electrons. The Bertz CT molecular complexity index is 1240. The molecule has 1 aromatic heterocycles. The average Bonchev–Trinajstić information content (AvgIpc) is 2.71. The molecule has 33 heavy (non-hydrogen) atoms. The second kappa shape index (κ2) is 9.13. The second-order valence-corrected chi connectivity index (χ2v) is 8.21. The van der Waals surface area contributed by atoms with Gasteiger partial charge in [0.05, 0.1) is 17.2 Å². The highest BCUT2D eigenvalue weighted by Crippen LogP contribution is 2.36. The number of halogens is 3. The quantitative estimate of drug-likeness (QED) is 0.241. The number of fused-ring (bicyclic) bond motifs is 1. The lowest BCUT2D eigenvalue weighted by Gasteiger charge is -2.28. The Labute approximate surface area is 188 Å². The third-order valence-corrected chi connectivity index (χ3v) is 4.89. The molecule has 2 aromatic carbocycles. The van der Waals surface area contributed by atoms with E-state index in [-0.39, 0.29) is 22.8 Å². The number of esters is 1. The Kier molecular flexibility index (Phi) is 6.67. The molecule has 0 bridgehead atoms. The van der Waals surface area contributed by atoms with Gasteiger partial charge in [-0.15, -0.1) is 0 Å². The SMILES string of the molecule is C=CC(=O)OC(C)(C)CC(C)Oc1ccc2cc(-c3ccccc3C(F)(F)F)c(=O)oc2c1. The average molecular weight is 460 g/mol. The van der Waals surface area contributed by atoms with Crippen molar-refractivity contribution in [2.45, 2.75) is 45.1 Å². The van der Waals surface area contributed by atoms with Gasteiger partial charge in [-0.05, 0) is 45.0 Å². The molecule has 0 aliphatic carbocycles. The van der Waals surface area contributed by atoms with Crippen LogP contribution in [0.2, 0.25) is 0 Å². The van der Waals surface area contributed by atoms with E-state index in [1.54, 1.807) is 32.9 Å². The molecule has 8 heteroatoms. The summed E-state index contributed by atoms with van der Waals surface area (Å²) in [6, 6.07) is 10.9. The second-order valence-electron chi connectivity index (χ2n) is 8.21. The van der Waals surface area contributed by atoms with E-state index >= 15 is 0 Å². The Hall–Kier alpha value is -3.55. The maximum atomic E-state index is 13.4. The Morgan fingerprint density at radius 2 is 1.82 bits per heavy atom. The molecule has 0 saturated heterocycles. The minimum Gasteiger partial charge on any atom is -0.490 e. The van der Waals surface area contributed by atoms with Crippen LogP contribution in [-0.4, -0.2) is 17.7 Å². The van der Waals surface area contributed by atoms with Crippen LogP contribution in [0.25, 0.3) is 22.1 Å². The monoisotopic (exact) mass is 460 g/mol. The minimum atomic E-state index is -4.61. The highest BCUT2D eigenvalue weighted by Gasteiger charge is 2.34. The van der Waals surface area contributed by atoms with Crippen LogP contribution in [0.15, 0.2) is 70.4 Å². The van der Waals surface area contributed by atoms with Crippen molar-refractivity contribution in [1.82, 2.24) is 0 Å². The zero-order chi connectivity index (χ0) is 24.4. The van der Waals surface area contributed by atoms with Crippen LogP contribution in [0.5, 0.6) is 5.75 Å². The number of carbonyl (C=O) groups excluding carboxylic acids is 1. The molecule has 0 fully saturated rings. The van der Waals surface area contributed by atoms with Crippen molar-refractivity contribution in [1.29, 1.82) is 0 Å². The van der Waals surface area contributed by atoms with Crippen LogP contribution in [0, 0.1) is 0 Å². The van der Waals surface area contributed by atoms with Crippen LogP contribution in [0.4, 0.5) is 13.2 Å². The predicted octanol–water partition coefficient (Wildman–Crippen LogP) is 6.14. The van der Waals surface area contributed by atoms with Crippen molar-refractivity contribution in [2.24, 2.45) is 0 Å². The van der Waals surface area contributed by atoms with Crippen LogP contribution < -0.4 is 10.4 Å². The van der Waals surface area contributed by atoms with Crippen molar-refractivity contribution in [2.75, 3.05) is 0 Å². The van der Waals surface area contributed by atoms with Crippen molar-refractivity contribution in [3.63, 3.8) is 0 Å². The van der Waals surface area contributed by atoms with Gasteiger partial charge in [0, 0.05) is 29.5 Å². The summed E-state index contributed by atoms with van der Waals surface area (Å²) in [4.78, 5) is 24.0. The third-order valence-electron chi connectivity index (χ3n) is 4.89. The number of carbonyl (C=O) groups is 1. The van der Waals surface area contributed by atoms with E-state index in [0.717, 1.165) is 12.1 Å². The standard InChI is InChI=1S/C25H23F3O5/c1-5-22(29)33-24(3,4)14-15(2)31-17-11-10-16-12-19(23(30)32-21(16)13-17)18-8-6-7-9-20(18)25(26,27)28/h5-13,15H,1,14H2,2-4H3. The van der Waals surface area contributed by atoms with Crippen molar-refractivity contribution in [3.05, 3.63) is 77.2 Å². The summed E-state index contributed by atoms with van der Waals surface area (Å²) in [6.45, 7) is 8.65. The van der Waals surface area contributed by atoms with E-state index in [0.29, 0.717) is 17.6 Å². The topological polar surface area (TPSA) is 65.7 Å². The molecule has 0 saturated carbocycles. The summed E-state index contributed by atoms with van der Waals surface area (Å²) in [6.07, 6.45) is -3.51. The summed E-state index contributed by atoms with van der Waals surface area (Å²) >= 11 is 0. The molecule has 0 spiro atoms. The van der Waals surface area contributed by atoms with Gasteiger partial charge in [-0.2, -0.15) is 13.2 Å². The van der Waals surface area contributed by atoms with Crippen molar-refractivity contribution < 1.29 is 31.9 Å². The van der Waals surface area contributed by atoms with Crippen molar-refractivity contribution >= 4 is 16.9 Å². The fourth-order valence-corrected chi connectivity index (χ4v) is 3.64. The normalized spacial score (nSPS) is 12.9. The lowest BCUT2D eigenvalue weighted by molar-refractivity contribution is -0.152. The first-order valence-corrected chi connectivity index (χ1v) is 10.2. The van der Waals surface area contributed by atoms with Crippen molar-refractivity contribution in [3.8, 4) is 16.9 Å². The van der Waals surface area contributed by atoms with E-state index in [1.807, 2.05) is 0 Å². The smallest absolute Gasteiger partial charge is 0.417 e. The molecule has 0 aliphatic heterocycles. The first-order valence-electron chi connectivity index (χ1n) is 10.2. The van der Waals surface area contributed by atoms with E-state index < -0.39 is 28.9 Å². The van der Waals surface area contributed by atoms with Crippen LogP contribution in [0.1, 0.15) is 32.8 Å². The number of benzene rings is 2. The first-order chi connectivity index (χ1) is 15.4. The lowest BCUT2D eigenvalue weighted by atomic mass is 9.99. The largest absolute Gasteiger partial charge is 0.490 e. The zero-order valence-corrected chi connectivity index (χ0v) is 18.4. The fraction of sp³-hybridized carbons (Fsp3) is 0.280. The zero-order valence-electron chi connectivity index (χ0n) is 18.4. The Morgan fingerprint density at radius 1 is 1.12 bits per heavy atom. The van der Waals surface area contributed by atoms with Gasteiger partial charge in [-0.3, -0.25) is 0 Å². The highest BCUT2D eigenvalue weighted by atomic mass is 19.4. The molecular weight excluding hydrogens is 437 g/mol. The number of hydrogen-bond donors (Lipinski definition) is 0. The van der Waals surface area contributed by atoms with E-state index in [2.05, 4.69) is 6.58 Å². The van der Waals surface area contributed by atoms with Gasteiger partial charge in [-0.1, -0.05) is 24.8 Å². The Morgan fingerprint density at radius 3 is 2.48 bits per heavy atom. The van der Waals surface area contributed by atoms with Crippen LogP contribution in [-0.2, 0) is 15.7 Å². The predicted molar refractivity (Wildman–Crippen MR) is 118 cm³/mol. The van der Waals surface area contributed by atoms with E-state index in [9.17, 15) is 22.8 Å². The highest BCUT2D eigenvalue weighted by molar-refractivity contribution is 5.83. The lowest BCUT2D eigenvalue weighted by Crippen LogP contribution is -2.33. The molecule has 5 nitrogen and oxygen atoms in total. The summed E-state index contributed by atoms with van der Waals surface area (Å²) in [7, 11) is 0. The number of ether oxygens (including phenoxy) is 2. The van der Waals surface area contributed by atoms with Crippen LogP contribution in [0.3, 0.4) is 0 Å². The number of hydrogen-bond acceptors (Lipinski definition) is 5. The maximum absolute atomic E-state index is 13.4. The van der Waals surface area contributed by atoms with Gasteiger partial charge in [0.15, 0.2) is 0 Å². The molecule has 1 unspecified atom stereocenters. The maximum Gasteiger partial charge on any atom is 0.417 e. The molecule has 0 aliphatic rings. The summed E-state index contributed by atoms with van der Waals surface area (Å²) in [5.74, 6) is -0.143. The molecule has 0 amide bonds. The van der Waals surface area contributed by atoms with Gasteiger partial charge in [0.25, 0.3) is 0 Å². The first kappa shape index (κ1) is 24.1. The summed E-state index contributed by atoms with van der Waals surface area (Å²) < 4.78 is 56.6. The summed E-state index contributed by atoms with van der Waals surface area (Å²) in [5.41, 5.74) is -2.84. The molecule has 1 atom stereocenters. The molecule has 174 valence electrons. The molecule has 3 aromatic rings. The number of alkyl halides is 3. The molecular formula is C25H23F3O5. The molecule has 1 heterocycles. The van der Waals surface area contributed by atoms with Gasteiger partial charge >= 0.3 is 17.8 Å².